The molecule has 8 heteroatoms. The molecule has 0 aromatic heterocycles. The summed E-state index contributed by atoms with van der Waals surface area (Å²) in [5.41, 5.74) is 0.558. The summed E-state index contributed by atoms with van der Waals surface area (Å²) in [7, 11) is -3.65. The van der Waals surface area contributed by atoms with Crippen molar-refractivity contribution >= 4 is 33.4 Å². The Hall–Kier alpha value is -1.09. The molecule has 0 saturated carbocycles. The topological polar surface area (TPSA) is 87.3 Å². The highest BCUT2D eigenvalue weighted by Crippen LogP contribution is 2.22. The highest BCUT2D eigenvalue weighted by Gasteiger charge is 2.24. The summed E-state index contributed by atoms with van der Waals surface area (Å²) < 4.78 is 27.8. The van der Waals surface area contributed by atoms with Crippen molar-refractivity contribution in [1.29, 1.82) is 0 Å². The standard InChI is InChI=1S/C17H27N3O3S2/c1-12-5-6-13(9-15(12)25(22,23)20-17(2,3)4)19-16(21)10-14-11-24-8-7-18-14/h5-6,9,14,18,20H,7-8,10-11H2,1-4H3,(H,19,21). The smallest absolute Gasteiger partial charge is 0.241 e. The Morgan fingerprint density at radius 1 is 1.36 bits per heavy atom. The van der Waals surface area contributed by atoms with Crippen LogP contribution in [0.15, 0.2) is 23.1 Å². The Kier molecular flexibility index (Phi) is 6.53. The van der Waals surface area contributed by atoms with Gasteiger partial charge in [-0.2, -0.15) is 11.8 Å². The van der Waals surface area contributed by atoms with E-state index in [1.165, 1.54) is 6.07 Å². The minimum atomic E-state index is -3.65. The van der Waals surface area contributed by atoms with Crippen LogP contribution in [-0.4, -0.2) is 44.0 Å². The molecule has 1 heterocycles. The van der Waals surface area contributed by atoms with Crippen molar-refractivity contribution in [1.82, 2.24) is 10.0 Å². The van der Waals surface area contributed by atoms with Gasteiger partial charge in [-0.1, -0.05) is 6.07 Å². The predicted molar refractivity (Wildman–Crippen MR) is 104 cm³/mol. The van der Waals surface area contributed by atoms with Crippen LogP contribution in [0.1, 0.15) is 32.8 Å². The van der Waals surface area contributed by atoms with Gasteiger partial charge in [0.05, 0.1) is 4.90 Å². The summed E-state index contributed by atoms with van der Waals surface area (Å²) in [5.74, 6) is 1.87. The van der Waals surface area contributed by atoms with Crippen LogP contribution in [0.4, 0.5) is 5.69 Å². The van der Waals surface area contributed by atoms with Gasteiger partial charge in [0.2, 0.25) is 15.9 Å². The number of carbonyl (C=O) groups is 1. The molecule has 1 aromatic rings. The van der Waals surface area contributed by atoms with Crippen LogP contribution in [0, 0.1) is 6.92 Å². The molecule has 1 unspecified atom stereocenters. The number of carbonyl (C=O) groups excluding carboxylic acids is 1. The molecule has 1 aliphatic heterocycles. The number of benzene rings is 1. The molecule has 0 radical (unpaired) electrons. The Balaban J connectivity index is 2.11. The fraction of sp³-hybridized carbons (Fsp3) is 0.588. The van der Waals surface area contributed by atoms with E-state index in [0.717, 1.165) is 18.1 Å². The molecule has 0 spiro atoms. The Morgan fingerprint density at radius 2 is 2.08 bits per heavy atom. The van der Waals surface area contributed by atoms with Crippen molar-refractivity contribution in [2.24, 2.45) is 0 Å². The SMILES string of the molecule is Cc1ccc(NC(=O)CC2CSCCN2)cc1S(=O)(=O)NC(C)(C)C. The lowest BCUT2D eigenvalue weighted by molar-refractivity contribution is -0.116. The number of amides is 1. The lowest BCUT2D eigenvalue weighted by atomic mass is 10.1. The van der Waals surface area contributed by atoms with Gasteiger partial charge in [0.25, 0.3) is 0 Å². The highest BCUT2D eigenvalue weighted by molar-refractivity contribution is 7.99. The average Bonchev–Trinajstić information content (AvgIpc) is 2.47. The molecule has 1 saturated heterocycles. The average molecular weight is 386 g/mol. The first kappa shape index (κ1) is 20.2. The van der Waals surface area contributed by atoms with Gasteiger partial charge >= 0.3 is 0 Å². The normalized spacial score (nSPS) is 18.8. The second kappa shape index (κ2) is 8.07. The van der Waals surface area contributed by atoms with Gasteiger partial charge < -0.3 is 10.6 Å². The molecule has 0 bridgehead atoms. The zero-order valence-corrected chi connectivity index (χ0v) is 16.8. The zero-order valence-electron chi connectivity index (χ0n) is 15.2. The lowest BCUT2D eigenvalue weighted by Crippen LogP contribution is -2.40. The highest BCUT2D eigenvalue weighted by atomic mass is 32.2. The van der Waals surface area contributed by atoms with Gasteiger partial charge in [0.1, 0.15) is 0 Å². The van der Waals surface area contributed by atoms with E-state index in [-0.39, 0.29) is 16.8 Å². The maximum absolute atomic E-state index is 12.6. The maximum atomic E-state index is 12.6. The number of thioether (sulfide) groups is 1. The van der Waals surface area contributed by atoms with E-state index in [1.807, 2.05) is 11.8 Å². The minimum absolute atomic E-state index is 0.115. The predicted octanol–water partition coefficient (Wildman–Crippen LogP) is 2.11. The number of hydrogen-bond acceptors (Lipinski definition) is 5. The molecule has 6 nitrogen and oxygen atoms in total. The number of hydrogen-bond donors (Lipinski definition) is 3. The van der Waals surface area contributed by atoms with Gasteiger partial charge in [0.15, 0.2) is 0 Å². The molecule has 1 aromatic carbocycles. The molecule has 140 valence electrons. The monoisotopic (exact) mass is 385 g/mol. The lowest BCUT2D eigenvalue weighted by Gasteiger charge is -2.23. The van der Waals surface area contributed by atoms with Gasteiger partial charge in [-0.3, -0.25) is 4.79 Å². The molecule has 25 heavy (non-hydrogen) atoms. The van der Waals surface area contributed by atoms with Crippen LogP contribution >= 0.6 is 11.8 Å². The fourth-order valence-electron chi connectivity index (χ4n) is 2.61. The van der Waals surface area contributed by atoms with Gasteiger partial charge in [-0.25, -0.2) is 13.1 Å². The fourth-order valence-corrected chi connectivity index (χ4v) is 5.25. The van der Waals surface area contributed by atoms with Crippen molar-refractivity contribution < 1.29 is 13.2 Å². The van der Waals surface area contributed by atoms with E-state index in [1.54, 1.807) is 39.8 Å². The van der Waals surface area contributed by atoms with Gasteiger partial charge in [-0.15, -0.1) is 0 Å². The summed E-state index contributed by atoms with van der Waals surface area (Å²) in [5, 5.41) is 6.13. The Labute approximate surface area is 154 Å². The van der Waals surface area contributed by atoms with E-state index >= 15 is 0 Å². The van der Waals surface area contributed by atoms with E-state index in [2.05, 4.69) is 15.4 Å². The van der Waals surface area contributed by atoms with Crippen molar-refractivity contribution in [2.75, 3.05) is 23.4 Å². The largest absolute Gasteiger partial charge is 0.326 e. The third-order valence-corrected chi connectivity index (χ3v) is 6.66. The number of nitrogens with one attached hydrogen (secondary N) is 3. The zero-order chi connectivity index (χ0) is 18.7. The van der Waals surface area contributed by atoms with Gasteiger partial charge in [-0.05, 0) is 45.4 Å². The van der Waals surface area contributed by atoms with Crippen LogP contribution in [0.2, 0.25) is 0 Å². The van der Waals surface area contributed by atoms with Crippen molar-refractivity contribution in [3.05, 3.63) is 23.8 Å². The number of sulfonamides is 1. The molecule has 1 fully saturated rings. The number of aryl methyl sites for hydroxylation is 1. The first-order valence-corrected chi connectivity index (χ1v) is 11.0. The van der Waals surface area contributed by atoms with Crippen molar-refractivity contribution in [3.8, 4) is 0 Å². The van der Waals surface area contributed by atoms with Crippen LogP contribution in [-0.2, 0) is 14.8 Å². The molecular weight excluding hydrogens is 358 g/mol. The first-order valence-electron chi connectivity index (χ1n) is 8.32. The Morgan fingerprint density at radius 3 is 2.68 bits per heavy atom. The van der Waals surface area contributed by atoms with E-state index in [9.17, 15) is 13.2 Å². The van der Waals surface area contributed by atoms with E-state index in [0.29, 0.717) is 17.7 Å². The van der Waals surface area contributed by atoms with E-state index in [4.69, 9.17) is 0 Å². The molecule has 0 aliphatic carbocycles. The molecule has 3 N–H and O–H groups in total. The summed E-state index contributed by atoms with van der Waals surface area (Å²) >= 11 is 1.83. The molecular formula is C17H27N3O3S2. The second-order valence-corrected chi connectivity index (χ2v) is 10.1. The summed E-state index contributed by atoms with van der Waals surface area (Å²) in [4.78, 5) is 12.4. The van der Waals surface area contributed by atoms with Crippen LogP contribution in [0.5, 0.6) is 0 Å². The quantitative estimate of drug-likeness (QED) is 0.723. The van der Waals surface area contributed by atoms with Crippen LogP contribution < -0.4 is 15.4 Å². The minimum Gasteiger partial charge on any atom is -0.326 e. The summed E-state index contributed by atoms with van der Waals surface area (Å²) in [6, 6.07) is 5.12. The second-order valence-electron chi connectivity index (χ2n) is 7.31. The van der Waals surface area contributed by atoms with Crippen LogP contribution in [0.25, 0.3) is 0 Å². The summed E-state index contributed by atoms with van der Waals surface area (Å²) in [6.07, 6.45) is 0.378. The van der Waals surface area contributed by atoms with Crippen LogP contribution in [0.3, 0.4) is 0 Å². The third-order valence-electron chi connectivity index (χ3n) is 3.63. The number of anilines is 1. The van der Waals surface area contributed by atoms with Gasteiger partial charge in [0, 0.05) is 41.7 Å². The van der Waals surface area contributed by atoms with E-state index < -0.39 is 15.6 Å². The van der Waals surface area contributed by atoms with Crippen molar-refractivity contribution in [3.63, 3.8) is 0 Å². The molecule has 1 amide bonds. The Bertz CT molecular complexity index is 721. The molecule has 1 atom stereocenters. The third kappa shape index (κ3) is 6.29. The molecule has 1 aliphatic rings. The van der Waals surface area contributed by atoms with Crippen molar-refractivity contribution in [2.45, 2.75) is 50.6 Å². The molecule has 2 rings (SSSR count). The summed E-state index contributed by atoms with van der Waals surface area (Å²) in [6.45, 7) is 8.03. The maximum Gasteiger partial charge on any atom is 0.241 e. The first-order chi connectivity index (χ1) is 11.6. The number of rotatable bonds is 5.